The van der Waals surface area contributed by atoms with Crippen molar-refractivity contribution in [2.75, 3.05) is 19.1 Å². The molecule has 0 spiro atoms. The topological polar surface area (TPSA) is 99.2 Å². The van der Waals surface area contributed by atoms with Crippen molar-refractivity contribution >= 4 is 11.3 Å². The molecule has 1 aromatic heterocycles. The number of allylic oxidation sites excluding steroid dienone is 2. The summed E-state index contributed by atoms with van der Waals surface area (Å²) in [6.45, 7) is 6.77. The minimum Gasteiger partial charge on any atom is -0.496 e. The Morgan fingerprint density at radius 3 is 2.29 bits per heavy atom. The number of rotatable bonds is 8. The molecule has 13 heteroatoms. The van der Waals surface area contributed by atoms with Crippen molar-refractivity contribution in [3.8, 4) is 30.0 Å². The lowest BCUT2D eigenvalue weighted by Crippen LogP contribution is -2.41. The van der Waals surface area contributed by atoms with E-state index in [0.717, 1.165) is 54.0 Å². The Kier molecular flexibility index (Phi) is 12.3. The van der Waals surface area contributed by atoms with Gasteiger partial charge in [-0.05, 0) is 80.5 Å². The molecule has 42 heavy (non-hydrogen) atoms. The molecule has 0 saturated heterocycles. The second-order valence-electron chi connectivity index (χ2n) is 9.37. The number of hydrogen-bond acceptors (Lipinski definition) is 7. The SMILES string of the molecule is C#C.CC1CC=C(c2ncn(-c3ccc(OC(F)(F)C(F)(F)F)cc3)n2)CC1.COc1ccc(C)c(NCNN)c1C. The van der Waals surface area contributed by atoms with Crippen molar-refractivity contribution in [2.24, 2.45) is 11.8 Å². The molecular formula is C29H35F5N6O2. The van der Waals surface area contributed by atoms with Crippen LogP contribution in [0, 0.1) is 32.6 Å². The van der Waals surface area contributed by atoms with E-state index < -0.39 is 18.0 Å². The van der Waals surface area contributed by atoms with Gasteiger partial charge in [0.15, 0.2) is 5.82 Å². The quantitative estimate of drug-likeness (QED) is 0.0913. The van der Waals surface area contributed by atoms with Gasteiger partial charge in [0.05, 0.1) is 19.5 Å². The highest BCUT2D eigenvalue weighted by atomic mass is 19.4. The fourth-order valence-electron chi connectivity index (χ4n) is 4.04. The van der Waals surface area contributed by atoms with E-state index in [4.69, 9.17) is 10.6 Å². The second-order valence-corrected chi connectivity index (χ2v) is 9.37. The van der Waals surface area contributed by atoms with Gasteiger partial charge in [0, 0.05) is 11.3 Å². The monoisotopic (exact) mass is 594 g/mol. The van der Waals surface area contributed by atoms with Crippen LogP contribution in [0.4, 0.5) is 27.6 Å². The maximum Gasteiger partial charge on any atom is 0.499 e. The average molecular weight is 595 g/mol. The van der Waals surface area contributed by atoms with Gasteiger partial charge in [-0.25, -0.2) is 15.1 Å². The molecule has 0 amide bonds. The van der Waals surface area contributed by atoms with Crippen molar-refractivity contribution in [1.82, 2.24) is 20.2 Å². The van der Waals surface area contributed by atoms with E-state index in [1.807, 2.05) is 26.0 Å². The molecule has 0 radical (unpaired) electrons. The summed E-state index contributed by atoms with van der Waals surface area (Å²) in [5, 5.41) is 7.53. The third-order valence-electron chi connectivity index (χ3n) is 6.34. The van der Waals surface area contributed by atoms with E-state index in [-0.39, 0.29) is 0 Å². The van der Waals surface area contributed by atoms with Crippen molar-refractivity contribution in [3.05, 3.63) is 65.8 Å². The van der Waals surface area contributed by atoms with Crippen LogP contribution >= 0.6 is 0 Å². The van der Waals surface area contributed by atoms with Crippen LogP contribution in [0.2, 0.25) is 0 Å². The summed E-state index contributed by atoms with van der Waals surface area (Å²) < 4.78 is 72.7. The largest absolute Gasteiger partial charge is 0.499 e. The molecule has 228 valence electrons. The first-order valence-electron chi connectivity index (χ1n) is 12.9. The highest BCUT2D eigenvalue weighted by Gasteiger charge is 2.61. The lowest BCUT2D eigenvalue weighted by atomic mass is 9.91. The summed E-state index contributed by atoms with van der Waals surface area (Å²) in [6, 6.07) is 8.70. The van der Waals surface area contributed by atoms with Crippen LogP contribution in [-0.2, 0) is 0 Å². The van der Waals surface area contributed by atoms with Crippen LogP contribution in [0.1, 0.15) is 43.1 Å². The van der Waals surface area contributed by atoms with E-state index in [0.29, 0.717) is 24.1 Å². The number of aromatic nitrogens is 3. The van der Waals surface area contributed by atoms with E-state index in [1.165, 1.54) is 28.7 Å². The highest BCUT2D eigenvalue weighted by Crippen LogP contribution is 2.37. The number of halogens is 5. The Morgan fingerprint density at radius 2 is 1.74 bits per heavy atom. The standard InChI is InChI=1S/C17H16F5N3O.C10H17N3O.C2H2/c1-11-2-4-12(5-3-11)15-23-10-25(24-15)13-6-8-14(9-7-13)26-17(21,22)16(18,19)20;1-7-4-5-9(14-3)8(2)10(7)12-6-13-11;1-2/h4,6-11H,2-3,5H2,1H3;4-5,12-13H,6,11H2,1-3H3;1-2H. The van der Waals surface area contributed by atoms with Crippen LogP contribution in [0.25, 0.3) is 11.3 Å². The third kappa shape index (κ3) is 8.92. The van der Waals surface area contributed by atoms with Gasteiger partial charge in [0.1, 0.15) is 17.8 Å². The number of nitrogens with one attached hydrogen (secondary N) is 2. The van der Waals surface area contributed by atoms with Crippen LogP contribution in [0.3, 0.4) is 0 Å². The molecule has 8 nitrogen and oxygen atoms in total. The first kappa shape index (κ1) is 34.1. The van der Waals surface area contributed by atoms with Crippen molar-refractivity contribution in [2.45, 2.75) is 52.3 Å². The first-order valence-corrected chi connectivity index (χ1v) is 12.9. The zero-order valence-corrected chi connectivity index (χ0v) is 23.8. The molecule has 1 unspecified atom stereocenters. The molecule has 0 aliphatic heterocycles. The number of alkyl halides is 5. The van der Waals surface area contributed by atoms with Crippen molar-refractivity contribution in [3.63, 3.8) is 0 Å². The number of terminal acetylenes is 1. The number of anilines is 1. The molecule has 0 bridgehead atoms. The number of methoxy groups -OCH3 is 1. The predicted molar refractivity (Wildman–Crippen MR) is 152 cm³/mol. The summed E-state index contributed by atoms with van der Waals surface area (Å²) in [5.74, 6) is 6.70. The van der Waals surface area contributed by atoms with Gasteiger partial charge in [-0.15, -0.1) is 17.9 Å². The van der Waals surface area contributed by atoms with Gasteiger partial charge >= 0.3 is 12.3 Å². The number of nitrogens with two attached hydrogens (primary N) is 1. The Balaban J connectivity index is 0.000000326. The first-order chi connectivity index (χ1) is 19.9. The van der Waals surface area contributed by atoms with Crippen molar-refractivity contribution < 1.29 is 31.4 Å². The Morgan fingerprint density at radius 1 is 1.07 bits per heavy atom. The van der Waals surface area contributed by atoms with E-state index in [9.17, 15) is 22.0 Å². The fourth-order valence-corrected chi connectivity index (χ4v) is 4.04. The molecular weight excluding hydrogens is 559 g/mol. The normalized spacial score (nSPS) is 14.9. The summed E-state index contributed by atoms with van der Waals surface area (Å²) in [7, 11) is 1.67. The Hall–Kier alpha value is -4.15. The predicted octanol–water partition coefficient (Wildman–Crippen LogP) is 6.40. The van der Waals surface area contributed by atoms with Gasteiger partial charge in [0.25, 0.3) is 0 Å². The molecule has 2 aromatic carbocycles. The molecule has 0 fully saturated rings. The number of hydrazine groups is 1. The lowest BCUT2D eigenvalue weighted by Gasteiger charge is -2.20. The Bertz CT molecular complexity index is 1340. The molecule has 4 N–H and O–H groups in total. The number of benzene rings is 2. The second kappa shape index (κ2) is 15.2. The van der Waals surface area contributed by atoms with Crippen LogP contribution in [0.5, 0.6) is 11.5 Å². The van der Waals surface area contributed by atoms with Gasteiger partial charge < -0.3 is 14.8 Å². The molecule has 1 aliphatic rings. The number of aryl methyl sites for hydroxylation is 1. The van der Waals surface area contributed by atoms with Crippen LogP contribution < -0.4 is 26.1 Å². The number of hydrogen-bond donors (Lipinski definition) is 3. The van der Waals surface area contributed by atoms with E-state index in [2.05, 4.69) is 51.4 Å². The number of nitrogens with zero attached hydrogens (tertiary/aromatic N) is 3. The Labute approximate surface area is 242 Å². The van der Waals surface area contributed by atoms with Gasteiger partial charge in [-0.1, -0.05) is 19.1 Å². The minimum absolute atomic E-state index is 0.469. The molecule has 0 saturated carbocycles. The molecule has 1 aliphatic carbocycles. The fraction of sp³-hybridized carbons (Fsp3) is 0.379. The maximum absolute atomic E-state index is 12.9. The zero-order valence-electron chi connectivity index (χ0n) is 23.8. The van der Waals surface area contributed by atoms with Gasteiger partial charge in [-0.3, -0.25) is 5.84 Å². The summed E-state index contributed by atoms with van der Waals surface area (Å²) in [4.78, 5) is 4.24. The van der Waals surface area contributed by atoms with Crippen LogP contribution in [-0.4, -0.2) is 40.8 Å². The lowest BCUT2D eigenvalue weighted by molar-refractivity contribution is -0.360. The smallest absolute Gasteiger partial charge is 0.496 e. The molecule has 1 heterocycles. The van der Waals surface area contributed by atoms with Crippen molar-refractivity contribution in [1.29, 1.82) is 0 Å². The summed E-state index contributed by atoms with van der Waals surface area (Å²) in [5.41, 5.74) is 7.42. The third-order valence-corrected chi connectivity index (χ3v) is 6.34. The highest BCUT2D eigenvalue weighted by molar-refractivity contribution is 5.62. The van der Waals surface area contributed by atoms with Gasteiger partial charge in [0.2, 0.25) is 0 Å². The molecule has 3 aromatic rings. The molecule has 4 rings (SSSR count). The summed E-state index contributed by atoms with van der Waals surface area (Å²) >= 11 is 0. The van der Waals surface area contributed by atoms with Crippen LogP contribution in [0.15, 0.2) is 48.8 Å². The molecule has 1 atom stereocenters. The zero-order chi connectivity index (χ0) is 31.5. The van der Waals surface area contributed by atoms with E-state index in [1.54, 1.807) is 7.11 Å². The summed E-state index contributed by atoms with van der Waals surface area (Å²) in [6.07, 6.45) is 3.43. The average Bonchev–Trinajstić information content (AvgIpc) is 3.45. The minimum atomic E-state index is -5.78. The maximum atomic E-state index is 12.9. The van der Waals surface area contributed by atoms with E-state index >= 15 is 0 Å². The number of ether oxygens (including phenoxy) is 2. The van der Waals surface area contributed by atoms with Gasteiger partial charge in [-0.2, -0.15) is 22.0 Å².